The maximum absolute atomic E-state index is 12.6. The smallest absolute Gasteiger partial charge is 0.235 e. The molecule has 0 radical (unpaired) electrons. The fourth-order valence-corrected chi connectivity index (χ4v) is 2.82. The summed E-state index contributed by atoms with van der Waals surface area (Å²) in [6, 6.07) is 10.7. The first-order chi connectivity index (χ1) is 10.5. The molecule has 1 aromatic heterocycles. The standard InChI is InChI=1S/C17H12Cl2O3/c1-9-3-5-10(6-4-9)15-17(21-2)14(20)12-7-11(18)8-13(19)16(12)22-15/h3-8H,1-2H3. The molecule has 112 valence electrons. The Hall–Kier alpha value is -1.97. The monoisotopic (exact) mass is 334 g/mol. The van der Waals surface area contributed by atoms with Crippen molar-refractivity contribution in [2.24, 2.45) is 0 Å². The summed E-state index contributed by atoms with van der Waals surface area (Å²) in [7, 11) is 1.43. The highest BCUT2D eigenvalue weighted by Gasteiger charge is 2.18. The molecule has 0 aliphatic carbocycles. The van der Waals surface area contributed by atoms with Crippen molar-refractivity contribution in [2.45, 2.75) is 6.92 Å². The van der Waals surface area contributed by atoms with Crippen LogP contribution in [0.1, 0.15) is 5.56 Å². The van der Waals surface area contributed by atoms with Crippen molar-refractivity contribution in [2.75, 3.05) is 7.11 Å². The second-order valence-corrected chi connectivity index (χ2v) is 5.77. The van der Waals surface area contributed by atoms with E-state index in [4.69, 9.17) is 32.4 Å². The van der Waals surface area contributed by atoms with Crippen LogP contribution >= 0.6 is 23.2 Å². The van der Waals surface area contributed by atoms with Gasteiger partial charge < -0.3 is 9.15 Å². The summed E-state index contributed by atoms with van der Waals surface area (Å²) in [6.45, 7) is 1.98. The summed E-state index contributed by atoms with van der Waals surface area (Å²) < 4.78 is 11.1. The van der Waals surface area contributed by atoms with Crippen molar-refractivity contribution in [3.8, 4) is 17.1 Å². The molecule has 0 saturated heterocycles. The number of methoxy groups -OCH3 is 1. The molecule has 3 nitrogen and oxygen atoms in total. The minimum atomic E-state index is -0.302. The van der Waals surface area contributed by atoms with Crippen LogP contribution in [0.2, 0.25) is 10.0 Å². The maximum Gasteiger partial charge on any atom is 0.235 e. The highest BCUT2D eigenvalue weighted by molar-refractivity contribution is 6.38. The van der Waals surface area contributed by atoms with E-state index < -0.39 is 0 Å². The van der Waals surface area contributed by atoms with Crippen molar-refractivity contribution in [1.29, 1.82) is 0 Å². The van der Waals surface area contributed by atoms with E-state index in [2.05, 4.69) is 0 Å². The van der Waals surface area contributed by atoms with Gasteiger partial charge in [0.1, 0.15) is 0 Å². The Labute approximate surface area is 137 Å². The highest BCUT2D eigenvalue weighted by Crippen LogP contribution is 2.34. The number of ether oxygens (including phenoxy) is 1. The predicted octanol–water partition coefficient (Wildman–Crippen LogP) is 5.08. The second-order valence-electron chi connectivity index (χ2n) is 4.92. The molecule has 5 heteroatoms. The molecule has 0 saturated carbocycles. The molecular formula is C17H12Cl2O3. The Bertz CT molecular complexity index is 912. The molecule has 0 fully saturated rings. The first kappa shape index (κ1) is 14.9. The van der Waals surface area contributed by atoms with E-state index in [1.54, 1.807) is 6.07 Å². The van der Waals surface area contributed by atoms with Gasteiger partial charge in [-0.05, 0) is 19.1 Å². The van der Waals surface area contributed by atoms with Crippen molar-refractivity contribution < 1.29 is 9.15 Å². The van der Waals surface area contributed by atoms with E-state index >= 15 is 0 Å². The maximum atomic E-state index is 12.6. The lowest BCUT2D eigenvalue weighted by Crippen LogP contribution is -2.07. The van der Waals surface area contributed by atoms with Crippen LogP contribution in [0, 0.1) is 6.92 Å². The van der Waals surface area contributed by atoms with Crippen LogP contribution in [-0.2, 0) is 0 Å². The lowest BCUT2D eigenvalue weighted by Gasteiger charge is -2.10. The Kier molecular flexibility index (Phi) is 3.85. The molecule has 0 N–H and O–H groups in total. The van der Waals surface area contributed by atoms with Crippen molar-refractivity contribution >= 4 is 34.2 Å². The molecule has 3 rings (SSSR count). The van der Waals surface area contributed by atoms with E-state index in [9.17, 15) is 4.79 Å². The second kappa shape index (κ2) is 5.67. The zero-order valence-corrected chi connectivity index (χ0v) is 13.5. The number of hydrogen-bond acceptors (Lipinski definition) is 3. The van der Waals surface area contributed by atoms with Crippen molar-refractivity contribution in [1.82, 2.24) is 0 Å². The molecule has 0 aliphatic rings. The van der Waals surface area contributed by atoms with Crippen LogP contribution in [0.25, 0.3) is 22.3 Å². The van der Waals surface area contributed by atoms with Crippen molar-refractivity contribution in [3.63, 3.8) is 0 Å². The van der Waals surface area contributed by atoms with E-state index in [1.165, 1.54) is 13.2 Å². The first-order valence-corrected chi connectivity index (χ1v) is 7.33. The third kappa shape index (κ3) is 2.47. The van der Waals surface area contributed by atoms with Crippen LogP contribution in [0.15, 0.2) is 45.6 Å². The topological polar surface area (TPSA) is 39.4 Å². The average Bonchev–Trinajstić information content (AvgIpc) is 2.49. The molecule has 0 unspecified atom stereocenters. The summed E-state index contributed by atoms with van der Waals surface area (Å²) in [5, 5.41) is 0.954. The number of rotatable bonds is 2. The van der Waals surface area contributed by atoms with Gasteiger partial charge in [-0.1, -0.05) is 53.0 Å². The Morgan fingerprint density at radius 3 is 2.41 bits per heavy atom. The lowest BCUT2D eigenvalue weighted by molar-refractivity contribution is 0.399. The molecule has 22 heavy (non-hydrogen) atoms. The van der Waals surface area contributed by atoms with Gasteiger partial charge in [0.15, 0.2) is 11.3 Å². The van der Waals surface area contributed by atoms with E-state index in [0.29, 0.717) is 21.8 Å². The van der Waals surface area contributed by atoms with Gasteiger partial charge in [-0.25, -0.2) is 0 Å². The summed E-state index contributed by atoms with van der Waals surface area (Å²) in [5.41, 5.74) is 1.85. The van der Waals surface area contributed by atoms with E-state index in [-0.39, 0.29) is 16.2 Å². The van der Waals surface area contributed by atoms with Gasteiger partial charge >= 0.3 is 0 Å². The minimum Gasteiger partial charge on any atom is -0.490 e. The first-order valence-electron chi connectivity index (χ1n) is 6.58. The molecule has 0 atom stereocenters. The van der Waals surface area contributed by atoms with Gasteiger partial charge in [-0.3, -0.25) is 4.79 Å². The third-order valence-electron chi connectivity index (χ3n) is 3.39. The number of halogens is 2. The fraction of sp³-hybridized carbons (Fsp3) is 0.118. The van der Waals surface area contributed by atoms with Gasteiger partial charge in [-0.15, -0.1) is 0 Å². The van der Waals surface area contributed by atoms with Crippen LogP contribution in [0.4, 0.5) is 0 Å². The zero-order valence-electron chi connectivity index (χ0n) is 11.9. The van der Waals surface area contributed by atoms with Crippen LogP contribution in [-0.4, -0.2) is 7.11 Å². The summed E-state index contributed by atoms with van der Waals surface area (Å²) >= 11 is 12.1. The quantitative estimate of drug-likeness (QED) is 0.655. The van der Waals surface area contributed by atoms with Crippen LogP contribution in [0.5, 0.6) is 5.75 Å². The summed E-state index contributed by atoms with van der Waals surface area (Å²) in [5.74, 6) is 0.485. The largest absolute Gasteiger partial charge is 0.490 e. The van der Waals surface area contributed by atoms with E-state index in [0.717, 1.165) is 11.1 Å². The van der Waals surface area contributed by atoms with Gasteiger partial charge in [0, 0.05) is 10.6 Å². The highest BCUT2D eigenvalue weighted by atomic mass is 35.5. The average molecular weight is 335 g/mol. The van der Waals surface area contributed by atoms with Gasteiger partial charge in [0.2, 0.25) is 11.2 Å². The molecule has 2 aromatic carbocycles. The Morgan fingerprint density at radius 2 is 1.77 bits per heavy atom. The molecule has 0 aliphatic heterocycles. The van der Waals surface area contributed by atoms with Gasteiger partial charge in [0.05, 0.1) is 17.5 Å². The molecule has 0 spiro atoms. The van der Waals surface area contributed by atoms with Gasteiger partial charge in [-0.2, -0.15) is 0 Å². The van der Waals surface area contributed by atoms with Crippen LogP contribution in [0.3, 0.4) is 0 Å². The minimum absolute atomic E-state index is 0.134. The van der Waals surface area contributed by atoms with Gasteiger partial charge in [0.25, 0.3) is 0 Å². The molecule has 0 amide bonds. The van der Waals surface area contributed by atoms with Crippen LogP contribution < -0.4 is 10.2 Å². The lowest BCUT2D eigenvalue weighted by atomic mass is 10.1. The SMILES string of the molecule is COc1c(-c2ccc(C)cc2)oc2c(Cl)cc(Cl)cc2c1=O. The van der Waals surface area contributed by atoms with E-state index in [1.807, 2.05) is 31.2 Å². The predicted molar refractivity (Wildman–Crippen MR) is 89.2 cm³/mol. The Morgan fingerprint density at radius 1 is 1.09 bits per heavy atom. The zero-order chi connectivity index (χ0) is 15.9. The number of aryl methyl sites for hydroxylation is 1. The molecular weight excluding hydrogens is 323 g/mol. The number of hydrogen-bond donors (Lipinski definition) is 0. The molecule has 1 heterocycles. The molecule has 3 aromatic rings. The number of benzene rings is 2. The summed E-state index contributed by atoms with van der Waals surface area (Å²) in [4.78, 5) is 12.6. The fourth-order valence-electron chi connectivity index (χ4n) is 2.29. The Balaban J connectivity index is 2.40. The van der Waals surface area contributed by atoms with Crippen molar-refractivity contribution in [3.05, 3.63) is 62.2 Å². The molecule has 0 bridgehead atoms. The third-order valence-corrected chi connectivity index (χ3v) is 3.89. The summed E-state index contributed by atoms with van der Waals surface area (Å²) in [6.07, 6.45) is 0. The normalized spacial score (nSPS) is 10.9. The number of fused-ring (bicyclic) bond motifs is 1.